The van der Waals surface area contributed by atoms with Crippen LogP contribution in [-0.2, 0) is 0 Å². The van der Waals surface area contributed by atoms with Crippen molar-refractivity contribution >= 4 is 27.5 Å². The molecule has 5 heteroatoms. The van der Waals surface area contributed by atoms with Crippen LogP contribution in [0.1, 0.15) is 36.5 Å². The zero-order valence-electron chi connectivity index (χ0n) is 13.4. The molecule has 1 aromatic carbocycles. The van der Waals surface area contributed by atoms with Crippen LogP contribution in [0.4, 0.5) is 5.82 Å². The Labute approximate surface area is 150 Å². The maximum atomic E-state index is 12.7. The van der Waals surface area contributed by atoms with E-state index in [1.165, 1.54) is 0 Å². The van der Waals surface area contributed by atoms with E-state index in [-0.39, 0.29) is 11.4 Å². The predicted octanol–water partition coefficient (Wildman–Crippen LogP) is 5.11. The van der Waals surface area contributed by atoms with Crippen molar-refractivity contribution in [2.75, 3.05) is 5.32 Å². The molecular weight excluding hydrogens is 366 g/mol. The van der Waals surface area contributed by atoms with E-state index in [0.717, 1.165) is 17.3 Å². The number of allylic oxidation sites excluding steroid dienone is 2. The van der Waals surface area contributed by atoms with Crippen LogP contribution < -0.4 is 5.32 Å². The van der Waals surface area contributed by atoms with Gasteiger partial charge in [-0.25, -0.2) is 4.98 Å². The number of hydrogen-bond acceptors (Lipinski definition) is 4. The minimum absolute atomic E-state index is 0.136. The lowest BCUT2D eigenvalue weighted by Gasteiger charge is -2.12. The van der Waals surface area contributed by atoms with E-state index in [1.807, 2.05) is 18.2 Å². The summed E-state index contributed by atoms with van der Waals surface area (Å²) in [5.74, 6) is 0.347. The third-order valence-electron chi connectivity index (χ3n) is 3.47. The lowest BCUT2D eigenvalue weighted by atomic mass is 10.00. The van der Waals surface area contributed by atoms with Crippen molar-refractivity contribution in [3.8, 4) is 6.07 Å². The predicted molar refractivity (Wildman–Crippen MR) is 98.5 cm³/mol. The quantitative estimate of drug-likeness (QED) is 0.409. The van der Waals surface area contributed by atoms with E-state index < -0.39 is 0 Å². The average molecular weight is 384 g/mol. The first kappa shape index (κ1) is 17.9. The molecule has 0 unspecified atom stereocenters. The Balaban J connectivity index is 2.38. The number of benzene rings is 1. The van der Waals surface area contributed by atoms with Crippen molar-refractivity contribution in [3.63, 3.8) is 0 Å². The minimum atomic E-state index is -0.278. The number of unbranched alkanes of at least 4 members (excludes halogenated alkanes) is 1. The van der Waals surface area contributed by atoms with Crippen molar-refractivity contribution in [3.05, 3.63) is 70.0 Å². The van der Waals surface area contributed by atoms with E-state index >= 15 is 0 Å². The van der Waals surface area contributed by atoms with Gasteiger partial charge in [0.25, 0.3) is 0 Å². The Morgan fingerprint density at radius 3 is 2.58 bits per heavy atom. The summed E-state index contributed by atoms with van der Waals surface area (Å²) in [4.78, 5) is 16.9. The fourth-order valence-corrected chi connectivity index (χ4v) is 2.46. The standard InChI is InChI=1S/C19H18BrN3O/c1-2-3-6-17(23-18-7-4-5-12-22-18)16(13-21)19(24)14-8-10-15(20)11-9-14/h4-5,7-12H,2-3,6H2,1H3,(H,22,23)/b17-16+. The molecule has 1 aromatic heterocycles. The number of Topliss-reactive ketones (excluding diaryl/α,β-unsaturated/α-hetero) is 1. The molecule has 1 heterocycles. The molecule has 2 rings (SSSR count). The first-order valence-corrected chi connectivity index (χ1v) is 8.56. The third-order valence-corrected chi connectivity index (χ3v) is 4.00. The number of ketones is 1. The molecule has 0 spiro atoms. The Morgan fingerprint density at radius 1 is 1.25 bits per heavy atom. The Hall–Kier alpha value is -2.45. The minimum Gasteiger partial charge on any atom is -0.342 e. The van der Waals surface area contributed by atoms with Crippen LogP contribution in [0.25, 0.3) is 0 Å². The molecule has 0 aliphatic rings. The highest BCUT2D eigenvalue weighted by atomic mass is 79.9. The second-order valence-electron chi connectivity index (χ2n) is 5.24. The molecule has 0 bridgehead atoms. The van der Waals surface area contributed by atoms with Gasteiger partial charge in [-0.05, 0) is 49.2 Å². The number of carbonyl (C=O) groups is 1. The van der Waals surface area contributed by atoms with Crippen LogP contribution in [0.5, 0.6) is 0 Å². The Morgan fingerprint density at radius 2 is 2.00 bits per heavy atom. The molecule has 0 radical (unpaired) electrons. The summed E-state index contributed by atoms with van der Waals surface area (Å²) in [6.07, 6.45) is 4.15. The molecule has 0 amide bonds. The molecule has 0 aliphatic carbocycles. The van der Waals surface area contributed by atoms with Crippen molar-refractivity contribution in [1.29, 1.82) is 5.26 Å². The van der Waals surface area contributed by atoms with Crippen molar-refractivity contribution in [2.45, 2.75) is 26.2 Å². The number of hydrogen-bond donors (Lipinski definition) is 1. The highest BCUT2D eigenvalue weighted by Gasteiger charge is 2.17. The summed E-state index contributed by atoms with van der Waals surface area (Å²) >= 11 is 3.35. The number of nitrogens with zero attached hydrogens (tertiary/aromatic N) is 2. The van der Waals surface area contributed by atoms with Gasteiger partial charge in [-0.15, -0.1) is 0 Å². The molecule has 1 N–H and O–H groups in total. The maximum Gasteiger partial charge on any atom is 0.205 e. The van der Waals surface area contributed by atoms with E-state index in [9.17, 15) is 10.1 Å². The topological polar surface area (TPSA) is 65.8 Å². The van der Waals surface area contributed by atoms with Gasteiger partial charge < -0.3 is 5.32 Å². The molecule has 0 atom stereocenters. The van der Waals surface area contributed by atoms with Crippen LogP contribution in [0.2, 0.25) is 0 Å². The van der Waals surface area contributed by atoms with Gasteiger partial charge in [-0.1, -0.05) is 35.3 Å². The molecule has 4 nitrogen and oxygen atoms in total. The molecule has 0 saturated carbocycles. The number of pyridine rings is 1. The number of nitrogens with one attached hydrogen (secondary N) is 1. The second kappa shape index (κ2) is 8.99. The SMILES string of the molecule is CCCC/C(Nc1ccccn1)=C(/C#N)C(=O)c1ccc(Br)cc1. The van der Waals surface area contributed by atoms with E-state index in [0.29, 0.717) is 23.5 Å². The number of rotatable bonds is 7. The largest absolute Gasteiger partial charge is 0.342 e. The van der Waals surface area contributed by atoms with E-state index in [1.54, 1.807) is 30.5 Å². The molecular formula is C19H18BrN3O. The number of nitriles is 1. The second-order valence-corrected chi connectivity index (χ2v) is 6.16. The van der Waals surface area contributed by atoms with E-state index in [2.05, 4.69) is 39.2 Å². The number of anilines is 1. The van der Waals surface area contributed by atoms with E-state index in [4.69, 9.17) is 0 Å². The molecule has 122 valence electrons. The molecule has 24 heavy (non-hydrogen) atoms. The summed E-state index contributed by atoms with van der Waals surface area (Å²) in [6.45, 7) is 2.07. The van der Waals surface area contributed by atoms with Crippen molar-refractivity contribution in [1.82, 2.24) is 4.98 Å². The lowest BCUT2D eigenvalue weighted by molar-refractivity contribution is 0.103. The smallest absolute Gasteiger partial charge is 0.205 e. The van der Waals surface area contributed by atoms with Crippen LogP contribution in [0, 0.1) is 11.3 Å². The summed E-state index contributed by atoms with van der Waals surface area (Å²) in [6, 6.07) is 14.6. The monoisotopic (exact) mass is 383 g/mol. The first-order chi connectivity index (χ1) is 11.7. The Bertz CT molecular complexity index is 761. The fourth-order valence-electron chi connectivity index (χ4n) is 2.20. The summed E-state index contributed by atoms with van der Waals surface area (Å²) in [7, 11) is 0. The highest BCUT2D eigenvalue weighted by Crippen LogP contribution is 2.20. The van der Waals surface area contributed by atoms with Gasteiger partial charge in [0.15, 0.2) is 0 Å². The van der Waals surface area contributed by atoms with Crippen LogP contribution >= 0.6 is 15.9 Å². The number of aromatic nitrogens is 1. The first-order valence-electron chi connectivity index (χ1n) is 7.77. The maximum absolute atomic E-state index is 12.7. The number of halogens is 1. The summed E-state index contributed by atoms with van der Waals surface area (Å²) in [5.41, 5.74) is 1.24. The van der Waals surface area contributed by atoms with Gasteiger partial charge in [0, 0.05) is 21.9 Å². The fraction of sp³-hybridized carbons (Fsp3) is 0.211. The zero-order chi connectivity index (χ0) is 17.4. The Kier molecular flexibility index (Phi) is 6.71. The van der Waals surface area contributed by atoms with Crippen LogP contribution in [-0.4, -0.2) is 10.8 Å². The van der Waals surface area contributed by atoms with Gasteiger partial charge >= 0.3 is 0 Å². The van der Waals surface area contributed by atoms with Gasteiger partial charge in [0.1, 0.15) is 17.5 Å². The summed E-state index contributed by atoms with van der Waals surface area (Å²) in [5, 5.41) is 12.7. The van der Waals surface area contributed by atoms with Gasteiger partial charge in [-0.3, -0.25) is 4.79 Å². The highest BCUT2D eigenvalue weighted by molar-refractivity contribution is 9.10. The molecule has 0 fully saturated rings. The van der Waals surface area contributed by atoms with Gasteiger partial charge in [0.05, 0.1) is 0 Å². The normalized spacial score (nSPS) is 11.4. The third kappa shape index (κ3) is 4.77. The van der Waals surface area contributed by atoms with Gasteiger partial charge in [-0.2, -0.15) is 5.26 Å². The van der Waals surface area contributed by atoms with Gasteiger partial charge in [0.2, 0.25) is 5.78 Å². The molecule has 0 aliphatic heterocycles. The average Bonchev–Trinajstić information content (AvgIpc) is 2.61. The lowest BCUT2D eigenvalue weighted by Crippen LogP contribution is -2.11. The molecule has 0 saturated heterocycles. The molecule has 2 aromatic rings. The summed E-state index contributed by atoms with van der Waals surface area (Å²) < 4.78 is 0.888. The van der Waals surface area contributed by atoms with Crippen molar-refractivity contribution < 1.29 is 4.79 Å². The van der Waals surface area contributed by atoms with Crippen LogP contribution in [0.15, 0.2) is 64.4 Å². The number of carbonyl (C=O) groups excluding carboxylic acids is 1. The zero-order valence-corrected chi connectivity index (χ0v) is 15.0. The van der Waals surface area contributed by atoms with Crippen molar-refractivity contribution in [2.24, 2.45) is 0 Å². The van der Waals surface area contributed by atoms with Crippen LogP contribution in [0.3, 0.4) is 0 Å².